The predicted octanol–water partition coefficient (Wildman–Crippen LogP) is 2.56. The minimum absolute atomic E-state index is 0.284. The van der Waals surface area contributed by atoms with E-state index in [1.165, 1.54) is 0 Å². The van der Waals surface area contributed by atoms with Crippen molar-refractivity contribution in [1.29, 1.82) is 0 Å². The van der Waals surface area contributed by atoms with Crippen molar-refractivity contribution in [3.05, 3.63) is 47.9 Å². The van der Waals surface area contributed by atoms with Crippen molar-refractivity contribution in [1.82, 2.24) is 14.9 Å². The number of ether oxygens (including phenoxy) is 1. The molecule has 1 aliphatic heterocycles. The van der Waals surface area contributed by atoms with Crippen LogP contribution in [0.1, 0.15) is 30.0 Å². The number of hydrogen-bond acceptors (Lipinski definition) is 5. The van der Waals surface area contributed by atoms with Gasteiger partial charge < -0.3 is 9.15 Å². The normalized spacial score (nSPS) is 19.8. The number of rotatable bonds is 5. The third-order valence-electron chi connectivity index (χ3n) is 3.72. The molecule has 2 aromatic heterocycles. The van der Waals surface area contributed by atoms with E-state index in [0.717, 1.165) is 49.6 Å². The number of aryl methyl sites for hydroxylation is 1. The van der Waals surface area contributed by atoms with Crippen LogP contribution in [0.5, 0.6) is 0 Å². The van der Waals surface area contributed by atoms with Gasteiger partial charge in [-0.15, -0.1) is 0 Å². The van der Waals surface area contributed by atoms with E-state index >= 15 is 0 Å². The van der Waals surface area contributed by atoms with E-state index in [4.69, 9.17) is 9.15 Å². The van der Waals surface area contributed by atoms with Crippen molar-refractivity contribution in [3.63, 3.8) is 0 Å². The Morgan fingerprint density at radius 3 is 3.19 bits per heavy atom. The predicted molar refractivity (Wildman–Crippen MR) is 78.6 cm³/mol. The first kappa shape index (κ1) is 14.2. The van der Waals surface area contributed by atoms with Gasteiger partial charge in [0, 0.05) is 32.4 Å². The zero-order chi connectivity index (χ0) is 14.5. The standard InChI is InChI=1S/C16H21N3O2/c1-13-18-15(12-20-13)9-19-7-3-5-16(10-19)21-11-14-4-2-6-17-8-14/h2,4,6,8,12,16H,3,5,7,9-11H2,1H3/t16-/m1/s1. The summed E-state index contributed by atoms with van der Waals surface area (Å²) in [7, 11) is 0. The van der Waals surface area contributed by atoms with Gasteiger partial charge in [0.05, 0.1) is 18.4 Å². The molecule has 3 rings (SSSR count). The van der Waals surface area contributed by atoms with E-state index in [1.54, 1.807) is 12.5 Å². The fourth-order valence-corrected chi connectivity index (χ4v) is 2.70. The van der Waals surface area contributed by atoms with E-state index in [9.17, 15) is 0 Å². The molecule has 0 unspecified atom stereocenters. The average Bonchev–Trinajstić information content (AvgIpc) is 2.92. The molecule has 0 bridgehead atoms. The lowest BCUT2D eigenvalue weighted by molar-refractivity contribution is -0.0124. The molecule has 0 aromatic carbocycles. The minimum atomic E-state index is 0.284. The maximum atomic E-state index is 6.02. The highest BCUT2D eigenvalue weighted by atomic mass is 16.5. The highest BCUT2D eigenvalue weighted by Gasteiger charge is 2.21. The molecular weight excluding hydrogens is 266 g/mol. The van der Waals surface area contributed by atoms with Crippen LogP contribution in [0.25, 0.3) is 0 Å². The molecule has 1 aliphatic rings. The van der Waals surface area contributed by atoms with E-state index in [0.29, 0.717) is 6.61 Å². The van der Waals surface area contributed by atoms with Crippen LogP contribution in [0.2, 0.25) is 0 Å². The van der Waals surface area contributed by atoms with Crippen molar-refractivity contribution in [3.8, 4) is 0 Å². The fraction of sp³-hybridized carbons (Fsp3) is 0.500. The Kier molecular flexibility index (Phi) is 4.62. The first-order valence-electron chi connectivity index (χ1n) is 7.43. The van der Waals surface area contributed by atoms with Crippen LogP contribution in [-0.4, -0.2) is 34.1 Å². The monoisotopic (exact) mass is 287 g/mol. The van der Waals surface area contributed by atoms with E-state index in [1.807, 2.05) is 25.3 Å². The second-order valence-corrected chi connectivity index (χ2v) is 5.53. The molecule has 0 amide bonds. The van der Waals surface area contributed by atoms with E-state index in [2.05, 4.69) is 14.9 Å². The minimum Gasteiger partial charge on any atom is -0.449 e. The Morgan fingerprint density at radius 1 is 1.48 bits per heavy atom. The fourth-order valence-electron chi connectivity index (χ4n) is 2.70. The van der Waals surface area contributed by atoms with Gasteiger partial charge in [0.1, 0.15) is 6.26 Å². The lowest BCUT2D eigenvalue weighted by atomic mass is 10.1. The molecule has 1 atom stereocenters. The van der Waals surface area contributed by atoms with Gasteiger partial charge in [-0.25, -0.2) is 4.98 Å². The number of likely N-dealkylation sites (tertiary alicyclic amines) is 1. The van der Waals surface area contributed by atoms with Gasteiger partial charge in [0.2, 0.25) is 0 Å². The molecule has 2 aromatic rings. The Morgan fingerprint density at radius 2 is 2.43 bits per heavy atom. The maximum absolute atomic E-state index is 6.02. The number of aromatic nitrogens is 2. The van der Waals surface area contributed by atoms with Gasteiger partial charge in [-0.05, 0) is 31.0 Å². The second-order valence-electron chi connectivity index (χ2n) is 5.53. The molecule has 5 heteroatoms. The number of piperidine rings is 1. The smallest absolute Gasteiger partial charge is 0.191 e. The molecule has 5 nitrogen and oxygen atoms in total. The van der Waals surface area contributed by atoms with Crippen molar-refractivity contribution in [2.45, 2.75) is 39.0 Å². The third kappa shape index (κ3) is 4.12. The summed E-state index contributed by atoms with van der Waals surface area (Å²) in [5.74, 6) is 0.728. The summed E-state index contributed by atoms with van der Waals surface area (Å²) in [5, 5.41) is 0. The third-order valence-corrected chi connectivity index (χ3v) is 3.72. The van der Waals surface area contributed by atoms with Crippen LogP contribution in [0.3, 0.4) is 0 Å². The molecular formula is C16H21N3O2. The summed E-state index contributed by atoms with van der Waals surface area (Å²) >= 11 is 0. The van der Waals surface area contributed by atoms with Crippen LogP contribution in [0.15, 0.2) is 35.2 Å². The first-order chi connectivity index (χ1) is 10.3. The van der Waals surface area contributed by atoms with Crippen LogP contribution < -0.4 is 0 Å². The zero-order valence-electron chi connectivity index (χ0n) is 12.4. The van der Waals surface area contributed by atoms with Crippen molar-refractivity contribution < 1.29 is 9.15 Å². The largest absolute Gasteiger partial charge is 0.449 e. The number of nitrogens with zero attached hydrogens (tertiary/aromatic N) is 3. The van der Waals surface area contributed by atoms with Crippen LogP contribution >= 0.6 is 0 Å². The number of hydrogen-bond donors (Lipinski definition) is 0. The molecule has 0 spiro atoms. The molecule has 3 heterocycles. The summed E-state index contributed by atoms with van der Waals surface area (Å²) in [4.78, 5) is 10.9. The molecule has 1 saturated heterocycles. The van der Waals surface area contributed by atoms with E-state index in [-0.39, 0.29) is 6.10 Å². The highest BCUT2D eigenvalue weighted by Crippen LogP contribution is 2.17. The molecule has 0 radical (unpaired) electrons. The summed E-state index contributed by atoms with van der Waals surface area (Å²) in [5.41, 5.74) is 2.13. The molecule has 21 heavy (non-hydrogen) atoms. The molecule has 0 N–H and O–H groups in total. The van der Waals surface area contributed by atoms with Gasteiger partial charge in [-0.2, -0.15) is 0 Å². The summed E-state index contributed by atoms with van der Waals surface area (Å²) in [6.07, 6.45) is 7.95. The van der Waals surface area contributed by atoms with Gasteiger partial charge in [-0.1, -0.05) is 6.07 Å². The van der Waals surface area contributed by atoms with Crippen molar-refractivity contribution in [2.75, 3.05) is 13.1 Å². The summed E-state index contributed by atoms with van der Waals surface area (Å²) in [6.45, 7) is 5.39. The molecule has 1 fully saturated rings. The molecule has 112 valence electrons. The lowest BCUT2D eigenvalue weighted by Gasteiger charge is -2.32. The first-order valence-corrected chi connectivity index (χ1v) is 7.43. The quantitative estimate of drug-likeness (QED) is 0.846. The van der Waals surface area contributed by atoms with Gasteiger partial charge >= 0.3 is 0 Å². The van der Waals surface area contributed by atoms with Gasteiger partial charge in [0.15, 0.2) is 5.89 Å². The van der Waals surface area contributed by atoms with Crippen molar-refractivity contribution >= 4 is 0 Å². The molecule has 0 saturated carbocycles. The van der Waals surface area contributed by atoms with Crippen LogP contribution in [0.4, 0.5) is 0 Å². The summed E-state index contributed by atoms with van der Waals surface area (Å²) in [6, 6.07) is 3.99. The Balaban J connectivity index is 1.49. The van der Waals surface area contributed by atoms with Crippen molar-refractivity contribution in [2.24, 2.45) is 0 Å². The van der Waals surface area contributed by atoms with Crippen LogP contribution in [-0.2, 0) is 17.9 Å². The zero-order valence-corrected chi connectivity index (χ0v) is 12.4. The van der Waals surface area contributed by atoms with Gasteiger partial charge in [-0.3, -0.25) is 9.88 Å². The number of oxazole rings is 1. The summed E-state index contributed by atoms with van der Waals surface area (Å²) < 4.78 is 11.3. The van der Waals surface area contributed by atoms with Crippen LogP contribution in [0, 0.1) is 6.92 Å². The Bertz CT molecular complexity index is 556. The van der Waals surface area contributed by atoms with Gasteiger partial charge in [0.25, 0.3) is 0 Å². The highest BCUT2D eigenvalue weighted by molar-refractivity contribution is 5.06. The second kappa shape index (κ2) is 6.83. The van der Waals surface area contributed by atoms with E-state index < -0.39 is 0 Å². The average molecular weight is 287 g/mol. The maximum Gasteiger partial charge on any atom is 0.191 e. The molecule has 0 aliphatic carbocycles. The Hall–Kier alpha value is -1.72. The number of pyridine rings is 1. The Labute approximate surface area is 125 Å². The SMILES string of the molecule is Cc1nc(CN2CCC[C@@H](OCc3cccnc3)C2)co1. The lowest BCUT2D eigenvalue weighted by Crippen LogP contribution is -2.39. The topological polar surface area (TPSA) is 51.4 Å².